The third-order valence-electron chi connectivity index (χ3n) is 3.26. The lowest BCUT2D eigenvalue weighted by atomic mass is 9.95. The van der Waals surface area contributed by atoms with Gasteiger partial charge in [-0.2, -0.15) is 0 Å². The van der Waals surface area contributed by atoms with E-state index in [2.05, 4.69) is 4.74 Å². The number of hydrogen-bond donors (Lipinski definition) is 1. The fourth-order valence-corrected chi connectivity index (χ4v) is 2.63. The van der Waals surface area contributed by atoms with Gasteiger partial charge in [-0.1, -0.05) is 37.0 Å². The van der Waals surface area contributed by atoms with E-state index in [1.54, 1.807) is 6.92 Å². The molecule has 0 radical (unpaired) electrons. The van der Waals surface area contributed by atoms with Gasteiger partial charge < -0.3 is 10.5 Å². The maximum Gasteiger partial charge on any atom is 0.340 e. The molecule has 0 saturated carbocycles. The number of anilines is 1. The molecule has 2 aromatic rings. The molecule has 0 aliphatic heterocycles. The third kappa shape index (κ3) is 3.79. The van der Waals surface area contributed by atoms with Gasteiger partial charge in [0.1, 0.15) is 11.6 Å². The van der Waals surface area contributed by atoms with Crippen LogP contribution in [0.3, 0.4) is 0 Å². The monoisotopic (exact) mass is 375 g/mol. The number of methoxy groups -OCH3 is 1. The second-order valence-electron chi connectivity index (χ2n) is 4.56. The van der Waals surface area contributed by atoms with Crippen LogP contribution in [0.15, 0.2) is 18.2 Å². The number of rotatable bonds is 2. The van der Waals surface area contributed by atoms with Crippen LogP contribution in [0, 0.1) is 18.6 Å². The summed E-state index contributed by atoms with van der Waals surface area (Å²) in [6.07, 6.45) is 0. The predicted octanol–water partition coefficient (Wildman–Crippen LogP) is 5.64. The molecule has 0 amide bonds. The summed E-state index contributed by atoms with van der Waals surface area (Å²) >= 11 is 11.8. The summed E-state index contributed by atoms with van der Waals surface area (Å²) in [7, 11) is 1.21. The van der Waals surface area contributed by atoms with Crippen molar-refractivity contribution in [1.82, 2.24) is 0 Å². The summed E-state index contributed by atoms with van der Waals surface area (Å²) in [4.78, 5) is 11.6. The van der Waals surface area contributed by atoms with E-state index in [0.29, 0.717) is 11.6 Å². The minimum absolute atomic E-state index is 0.00276. The van der Waals surface area contributed by atoms with Crippen molar-refractivity contribution in [2.75, 3.05) is 12.8 Å². The number of carbonyl (C=O) groups is 1. The van der Waals surface area contributed by atoms with Gasteiger partial charge >= 0.3 is 5.97 Å². The molecular formula is C17H17Cl2F2NO2. The molecule has 2 N–H and O–H groups in total. The summed E-state index contributed by atoms with van der Waals surface area (Å²) in [6, 6.07) is 3.07. The Kier molecular flexibility index (Phi) is 6.99. The van der Waals surface area contributed by atoms with Crippen molar-refractivity contribution in [3.05, 3.63) is 51.0 Å². The molecule has 0 aliphatic carbocycles. The highest BCUT2D eigenvalue weighted by Crippen LogP contribution is 2.39. The average molecular weight is 376 g/mol. The largest absolute Gasteiger partial charge is 0.465 e. The Morgan fingerprint density at radius 2 is 1.67 bits per heavy atom. The Labute approximate surface area is 149 Å². The molecule has 24 heavy (non-hydrogen) atoms. The lowest BCUT2D eigenvalue weighted by Crippen LogP contribution is -2.08. The Hall–Kier alpha value is -1.85. The number of esters is 1. The Bertz CT molecular complexity index is 780. The van der Waals surface area contributed by atoms with Gasteiger partial charge in [-0.05, 0) is 24.6 Å². The number of ether oxygens (including phenoxy) is 1. The highest BCUT2D eigenvalue weighted by atomic mass is 35.5. The smallest absolute Gasteiger partial charge is 0.340 e. The van der Waals surface area contributed by atoms with Crippen molar-refractivity contribution >= 4 is 34.9 Å². The van der Waals surface area contributed by atoms with Crippen LogP contribution in [0.5, 0.6) is 0 Å². The maximum atomic E-state index is 14.0. The van der Waals surface area contributed by atoms with Crippen molar-refractivity contribution in [3.8, 4) is 11.1 Å². The van der Waals surface area contributed by atoms with Crippen LogP contribution >= 0.6 is 23.2 Å². The lowest BCUT2D eigenvalue weighted by molar-refractivity contribution is 0.0602. The van der Waals surface area contributed by atoms with Gasteiger partial charge in [-0.15, -0.1) is 0 Å². The van der Waals surface area contributed by atoms with E-state index in [9.17, 15) is 13.6 Å². The van der Waals surface area contributed by atoms with E-state index in [1.165, 1.54) is 13.2 Å². The van der Waals surface area contributed by atoms with E-state index in [0.717, 1.165) is 6.07 Å². The minimum atomic E-state index is -0.879. The molecule has 0 bridgehead atoms. The van der Waals surface area contributed by atoms with Crippen LogP contribution in [0.1, 0.15) is 29.8 Å². The summed E-state index contributed by atoms with van der Waals surface area (Å²) in [5.74, 6) is -2.38. The molecule has 0 unspecified atom stereocenters. The van der Waals surface area contributed by atoms with Gasteiger partial charge in [-0.3, -0.25) is 0 Å². The zero-order valence-electron chi connectivity index (χ0n) is 13.6. The maximum absolute atomic E-state index is 14.0. The van der Waals surface area contributed by atoms with Gasteiger partial charge in [0.15, 0.2) is 0 Å². The number of carbonyl (C=O) groups excluding carboxylic acids is 1. The van der Waals surface area contributed by atoms with Crippen LogP contribution in [0.2, 0.25) is 10.0 Å². The zero-order chi connectivity index (χ0) is 18.6. The molecule has 0 heterocycles. The molecule has 2 rings (SSSR count). The highest BCUT2D eigenvalue weighted by molar-refractivity contribution is 6.34. The van der Waals surface area contributed by atoms with E-state index in [-0.39, 0.29) is 32.4 Å². The first-order chi connectivity index (χ1) is 11.3. The van der Waals surface area contributed by atoms with Crippen molar-refractivity contribution in [3.63, 3.8) is 0 Å². The van der Waals surface area contributed by atoms with Crippen molar-refractivity contribution in [2.24, 2.45) is 0 Å². The lowest BCUT2D eigenvalue weighted by Gasteiger charge is -2.15. The highest BCUT2D eigenvalue weighted by Gasteiger charge is 2.21. The molecule has 0 fully saturated rings. The third-order valence-corrected chi connectivity index (χ3v) is 3.85. The molecule has 7 heteroatoms. The first-order valence-corrected chi connectivity index (χ1v) is 7.85. The quantitative estimate of drug-likeness (QED) is 0.419. The second-order valence-corrected chi connectivity index (χ2v) is 5.37. The van der Waals surface area contributed by atoms with Crippen LogP contribution < -0.4 is 5.73 Å². The summed E-state index contributed by atoms with van der Waals surface area (Å²) in [5.41, 5.74) is 6.68. The van der Waals surface area contributed by atoms with Crippen LogP contribution in [-0.4, -0.2) is 13.1 Å². The minimum Gasteiger partial charge on any atom is -0.465 e. The fraction of sp³-hybridized carbons (Fsp3) is 0.235. The first kappa shape index (κ1) is 20.2. The van der Waals surface area contributed by atoms with E-state index < -0.39 is 17.6 Å². The normalized spacial score (nSPS) is 10.0. The molecule has 130 valence electrons. The fourth-order valence-electron chi connectivity index (χ4n) is 2.12. The van der Waals surface area contributed by atoms with E-state index in [1.807, 2.05) is 13.8 Å². The standard InChI is InChI=1S/C15H11Cl2F2NO2.C2H6/c1-6-13(7-3-9(16)12(19)5-11(7)18)10(17)4-8(14(6)20)15(21)22-2;1-2/h3-5H,20H2,1-2H3;1-2H3. The van der Waals surface area contributed by atoms with Crippen LogP contribution in [0.4, 0.5) is 14.5 Å². The van der Waals surface area contributed by atoms with E-state index >= 15 is 0 Å². The van der Waals surface area contributed by atoms with Crippen molar-refractivity contribution in [2.45, 2.75) is 20.8 Å². The van der Waals surface area contributed by atoms with Crippen LogP contribution in [0.25, 0.3) is 11.1 Å². The van der Waals surface area contributed by atoms with Gasteiger partial charge in [0.2, 0.25) is 0 Å². The van der Waals surface area contributed by atoms with Crippen molar-refractivity contribution in [1.29, 1.82) is 0 Å². The number of benzene rings is 2. The molecule has 0 spiro atoms. The summed E-state index contributed by atoms with van der Waals surface area (Å²) in [6.45, 7) is 5.57. The molecule has 3 nitrogen and oxygen atoms in total. The predicted molar refractivity (Wildman–Crippen MR) is 93.7 cm³/mol. The summed E-state index contributed by atoms with van der Waals surface area (Å²) < 4.78 is 31.9. The Morgan fingerprint density at radius 3 is 2.21 bits per heavy atom. The molecule has 0 aliphatic rings. The van der Waals surface area contributed by atoms with E-state index in [4.69, 9.17) is 28.9 Å². The first-order valence-electron chi connectivity index (χ1n) is 7.09. The zero-order valence-corrected chi connectivity index (χ0v) is 15.1. The molecule has 0 saturated heterocycles. The van der Waals surface area contributed by atoms with Gasteiger partial charge in [-0.25, -0.2) is 13.6 Å². The SMILES string of the molecule is CC.COC(=O)c1cc(Cl)c(-c2cc(Cl)c(F)cc2F)c(C)c1N. The Morgan fingerprint density at radius 1 is 1.08 bits per heavy atom. The molecule has 0 atom stereocenters. The Balaban J connectivity index is 0.00000139. The molecular weight excluding hydrogens is 359 g/mol. The van der Waals surface area contributed by atoms with Crippen molar-refractivity contribution < 1.29 is 18.3 Å². The molecule has 2 aromatic carbocycles. The average Bonchev–Trinajstić information content (AvgIpc) is 2.56. The topological polar surface area (TPSA) is 52.3 Å². The van der Waals surface area contributed by atoms with Gasteiger partial charge in [0.05, 0.1) is 17.7 Å². The van der Waals surface area contributed by atoms with Gasteiger partial charge in [0.25, 0.3) is 0 Å². The summed E-state index contributed by atoms with van der Waals surface area (Å²) in [5, 5.41) is -0.170. The second kappa shape index (κ2) is 8.31. The van der Waals surface area contributed by atoms with Crippen LogP contribution in [-0.2, 0) is 4.74 Å². The number of halogens is 4. The molecule has 0 aromatic heterocycles. The number of hydrogen-bond acceptors (Lipinski definition) is 3. The van der Waals surface area contributed by atoms with Gasteiger partial charge in [0, 0.05) is 27.9 Å². The number of nitrogen functional groups attached to an aromatic ring is 1. The number of nitrogens with two attached hydrogens (primary N) is 1.